The van der Waals surface area contributed by atoms with Crippen molar-refractivity contribution in [1.29, 1.82) is 1.28 Å². The molecule has 0 saturated heterocycles. The molecule has 0 aromatic heterocycles. The second kappa shape index (κ2) is 6.01. The fraction of sp³-hybridized carbons (Fsp3) is 0. The van der Waals surface area contributed by atoms with Crippen LogP contribution in [0.2, 0.25) is 0 Å². The van der Waals surface area contributed by atoms with Gasteiger partial charge in [-0.2, -0.15) is 0 Å². The van der Waals surface area contributed by atoms with E-state index in [1.165, 1.54) is 0 Å². The molecule has 5 atom stereocenters. The van der Waals surface area contributed by atoms with E-state index in [1.807, 2.05) is 0 Å². The molecule has 0 aromatic carbocycles. The molecule has 5 unspecified atom stereocenters. The van der Waals surface area contributed by atoms with E-state index in [1.54, 1.807) is 0 Å². The molecular formula is H6IP5. The van der Waals surface area contributed by atoms with Crippen molar-refractivity contribution in [3.63, 3.8) is 0 Å². The van der Waals surface area contributed by atoms with Crippen LogP contribution in [0.15, 0.2) is 0 Å². The van der Waals surface area contributed by atoms with Crippen LogP contribution in [0.4, 0.5) is 0 Å². The van der Waals surface area contributed by atoms with Crippen molar-refractivity contribution >= 4 is 60.7 Å². The van der Waals surface area contributed by atoms with E-state index in [9.17, 15) is 0 Å². The summed E-state index contributed by atoms with van der Waals surface area (Å²) in [5.41, 5.74) is 0. The van der Waals surface area contributed by atoms with Gasteiger partial charge >= 0.3 is 0 Å². The maximum atomic E-state index is 7.22. The largest absolute Gasteiger partial charge is 0.109 e. The van der Waals surface area contributed by atoms with Gasteiger partial charge in [0.15, 0.2) is 0 Å². The highest BCUT2D eigenvalue weighted by atomic mass is 127. The molecule has 0 nitrogen and oxygen atoms in total. The Labute approximate surface area is 61.8 Å². The molecule has 0 amide bonds. The van der Waals surface area contributed by atoms with Gasteiger partial charge in [-0.1, -0.05) is 29.9 Å². The van der Waals surface area contributed by atoms with Crippen molar-refractivity contribution in [1.82, 2.24) is 0 Å². The standard InChI is InChI=1S/H6IP5/c1-4-6(3)5-2/h4-5H,2-3H2/i5T. The van der Waals surface area contributed by atoms with Gasteiger partial charge in [0.1, 0.15) is 0 Å². The Morgan fingerprint density at radius 1 is 2.00 bits per heavy atom. The van der Waals surface area contributed by atoms with Gasteiger partial charge < -0.3 is 0 Å². The zero-order valence-electron chi connectivity index (χ0n) is 3.93. The first kappa shape index (κ1) is 6.99. The quantitative estimate of drug-likeness (QED) is 0.538. The van der Waals surface area contributed by atoms with Crippen molar-refractivity contribution < 1.29 is 0 Å². The Morgan fingerprint density at radius 2 is 2.50 bits per heavy atom. The number of hydrogen-bond donors (Lipinski definition) is 0. The Balaban J connectivity index is 3.14. The summed E-state index contributed by atoms with van der Waals surface area (Å²) in [6.07, 6.45) is 0. The van der Waals surface area contributed by atoms with E-state index < -0.39 is 7.90 Å². The molecule has 0 fully saturated rings. The topological polar surface area (TPSA) is 0 Å². The number of halogens is 1. The van der Waals surface area contributed by atoms with Gasteiger partial charge in [-0.3, -0.25) is 0 Å². The molecule has 0 rings (SSSR count). The summed E-state index contributed by atoms with van der Waals surface area (Å²) < 4.78 is 7.22. The van der Waals surface area contributed by atoms with Crippen LogP contribution in [0.3, 0.4) is 0 Å². The summed E-state index contributed by atoms with van der Waals surface area (Å²) in [4.78, 5) is 0. The zero-order chi connectivity index (χ0) is 5.86. The molecule has 0 N–H and O–H groups in total. The van der Waals surface area contributed by atoms with Gasteiger partial charge in [0.25, 0.3) is 0 Å². The average Bonchev–Trinajstić information content (AvgIpc) is 1.65. The number of rotatable bonds is 2. The van der Waals surface area contributed by atoms with Crippen LogP contribution in [0.5, 0.6) is 0 Å². The normalized spacial score (nSPS) is 24.2. The smallest absolute Gasteiger partial charge is 0.0677 e. The molecule has 0 aliphatic carbocycles. The monoisotopic (exact) mass is 290 g/mol. The Hall–Kier alpha value is 2.88. The Bertz CT molecular complexity index is 45.3. The maximum Gasteiger partial charge on any atom is 0.0677 e. The minimum atomic E-state index is -0.462. The van der Waals surface area contributed by atoms with E-state index in [4.69, 9.17) is 1.28 Å². The fourth-order valence-electron chi connectivity index (χ4n) is 0.0218. The first-order valence-corrected chi connectivity index (χ1v) is 12.3. The van der Waals surface area contributed by atoms with E-state index in [0.717, 1.165) is 5.91 Å². The first-order chi connectivity index (χ1) is 3.18. The maximum absolute atomic E-state index is 7.22. The average molecular weight is 290 g/mol. The van der Waals surface area contributed by atoms with Crippen LogP contribution in [-0.2, 0) is 0 Å². The second-order valence-corrected chi connectivity index (χ2v) is 17.5. The second-order valence-electron chi connectivity index (χ2n) is 0.545. The molecule has 0 aliphatic heterocycles. The zero-order valence-corrected chi connectivity index (χ0v) is 10.2. The molecule has 38 valence electrons. The van der Waals surface area contributed by atoms with Crippen molar-refractivity contribution in [3.8, 4) is 0 Å². The molecule has 0 bridgehead atoms. The summed E-state index contributed by atoms with van der Waals surface area (Å²) in [7, 11) is 4.84. The summed E-state index contributed by atoms with van der Waals surface area (Å²) in [6.45, 7) is -0.0118. The third-order valence-electron chi connectivity index (χ3n) is 0.211. The summed E-state index contributed by atoms with van der Waals surface area (Å²) in [5, 5.41) is 0. The predicted molar refractivity (Wildman–Crippen MR) is 57.0 cm³/mol. The summed E-state index contributed by atoms with van der Waals surface area (Å²) in [5.74, 6) is 0.930. The summed E-state index contributed by atoms with van der Waals surface area (Å²) >= 11 is 2.35. The highest BCUT2D eigenvalue weighted by molar-refractivity contribution is 14.2. The fourth-order valence-corrected chi connectivity index (χ4v) is 11.9. The molecule has 6 heavy (non-hydrogen) atoms. The van der Waals surface area contributed by atoms with Crippen LogP contribution in [0, 0.1) is 0 Å². The van der Waals surface area contributed by atoms with E-state index >= 15 is 0 Å². The lowest BCUT2D eigenvalue weighted by molar-refractivity contribution is 5.06. The minimum absolute atomic E-state index is 0.0118. The van der Waals surface area contributed by atoms with Gasteiger partial charge in [0.2, 0.25) is 0 Å². The third kappa shape index (κ3) is 5.03. The molecular weight excluding hydrogens is 282 g/mol. The molecule has 0 spiro atoms. The predicted octanol–water partition coefficient (Wildman–Crippen LogP) is 3.59. The molecule has 0 heterocycles. The van der Waals surface area contributed by atoms with Crippen molar-refractivity contribution in [2.45, 2.75) is 0 Å². The van der Waals surface area contributed by atoms with Crippen LogP contribution >= 0.6 is 60.7 Å². The van der Waals surface area contributed by atoms with E-state index in [0.29, 0.717) is 0 Å². The lowest BCUT2D eigenvalue weighted by Crippen LogP contribution is -1.07. The van der Waals surface area contributed by atoms with Crippen LogP contribution in [0.1, 0.15) is 0 Å². The van der Waals surface area contributed by atoms with Gasteiger partial charge in [-0.05, 0) is 12.9 Å². The van der Waals surface area contributed by atoms with Gasteiger partial charge in [-0.25, -0.2) is 0 Å². The Kier molecular flexibility index (Phi) is 7.00. The third-order valence-corrected chi connectivity index (χ3v) is 25.8. The molecule has 6 heteroatoms. The Morgan fingerprint density at radius 3 is 2.50 bits per heavy atom. The van der Waals surface area contributed by atoms with Gasteiger partial charge in [0, 0.05) is 0 Å². The molecule has 0 saturated carbocycles. The van der Waals surface area contributed by atoms with Crippen LogP contribution in [0.25, 0.3) is 0 Å². The van der Waals surface area contributed by atoms with Crippen LogP contribution < -0.4 is 0 Å². The number of hydrogen-bond acceptors (Lipinski definition) is 0. The SMILES string of the molecule is [3H]P(P)P(P)PI. The van der Waals surface area contributed by atoms with Gasteiger partial charge in [-0.15, -0.1) is 17.9 Å². The highest BCUT2D eigenvalue weighted by Crippen LogP contribution is 2.80. The van der Waals surface area contributed by atoms with Crippen molar-refractivity contribution in [2.24, 2.45) is 0 Å². The molecule has 0 radical (unpaired) electrons. The lowest BCUT2D eigenvalue weighted by atomic mass is 29.1. The lowest BCUT2D eigenvalue weighted by Gasteiger charge is -1.98. The van der Waals surface area contributed by atoms with Gasteiger partial charge in [0.05, 0.1) is 1.28 Å². The first-order valence-electron chi connectivity index (χ1n) is 1.58. The van der Waals surface area contributed by atoms with Crippen molar-refractivity contribution in [3.05, 3.63) is 0 Å². The summed E-state index contributed by atoms with van der Waals surface area (Å²) in [6, 6.07) is 0. The van der Waals surface area contributed by atoms with Crippen LogP contribution in [-0.4, -0.2) is 1.28 Å². The van der Waals surface area contributed by atoms with Crippen molar-refractivity contribution in [2.75, 3.05) is 0 Å². The molecule has 0 aliphatic rings. The molecule has 0 aromatic rings. The van der Waals surface area contributed by atoms with E-state index in [2.05, 4.69) is 39.9 Å². The van der Waals surface area contributed by atoms with E-state index in [-0.39, 0.29) is 6.99 Å². The minimum Gasteiger partial charge on any atom is -0.109 e. The highest BCUT2D eigenvalue weighted by Gasteiger charge is 1.89.